The maximum Gasteiger partial charge on any atom is 0.306 e. The van der Waals surface area contributed by atoms with E-state index in [0.717, 1.165) is 55.2 Å². The minimum atomic E-state index is -0.509. The molecule has 7 rings (SSSR count). The van der Waals surface area contributed by atoms with Crippen molar-refractivity contribution in [2.75, 3.05) is 25.0 Å². The Labute approximate surface area is 243 Å². The quantitative estimate of drug-likeness (QED) is 0.0728. The standard InChI is InChI=1S/C31H34N6O5/c1-2-20-19-36-17-14-21(20)18-27(36)31(23-13-16-33-24-9-6-5-8-22(23)24)41-28(38)10-4-3-7-15-32-25-11-12-26(37(39)40)30-29(25)34-42-35-30/h2,5-6,8-9,11-13,16,20-21,27,31-32H,1,3-4,7,10,14-15,17-19H2/t20-,21-,27+,31-/m0/s1. The van der Waals surface area contributed by atoms with E-state index in [2.05, 4.69) is 44.2 Å². The third kappa shape index (κ3) is 5.56. The highest BCUT2D eigenvalue weighted by Gasteiger charge is 2.44. The summed E-state index contributed by atoms with van der Waals surface area (Å²) in [5.74, 6) is 0.851. The fourth-order valence-electron chi connectivity index (χ4n) is 6.55. The number of nitrogens with one attached hydrogen (secondary N) is 1. The minimum absolute atomic E-state index is 0.117. The lowest BCUT2D eigenvalue weighted by atomic mass is 9.73. The number of aromatic nitrogens is 3. The van der Waals surface area contributed by atoms with E-state index < -0.39 is 4.92 Å². The van der Waals surface area contributed by atoms with E-state index in [1.807, 2.05) is 30.5 Å². The molecular weight excluding hydrogens is 536 g/mol. The molecule has 3 saturated heterocycles. The summed E-state index contributed by atoms with van der Waals surface area (Å²) < 4.78 is 11.0. The number of esters is 1. The highest BCUT2D eigenvalue weighted by atomic mass is 16.6. The second-order valence-corrected chi connectivity index (χ2v) is 11.2. The Kier molecular flexibility index (Phi) is 8.09. The number of fused-ring (bicyclic) bond motifs is 5. The Morgan fingerprint density at radius 2 is 2.05 bits per heavy atom. The van der Waals surface area contributed by atoms with E-state index in [4.69, 9.17) is 9.37 Å². The van der Waals surface area contributed by atoms with Gasteiger partial charge in [-0.15, -0.1) is 6.58 Å². The van der Waals surface area contributed by atoms with Crippen LogP contribution in [0.5, 0.6) is 0 Å². The van der Waals surface area contributed by atoms with Crippen LogP contribution in [0.1, 0.15) is 50.2 Å². The summed E-state index contributed by atoms with van der Waals surface area (Å²) in [6, 6.07) is 13.2. The van der Waals surface area contributed by atoms with Crippen LogP contribution < -0.4 is 5.32 Å². The molecule has 2 bridgehead atoms. The molecule has 0 amide bonds. The van der Waals surface area contributed by atoms with Gasteiger partial charge in [-0.3, -0.25) is 24.8 Å². The van der Waals surface area contributed by atoms with Gasteiger partial charge in [0, 0.05) is 42.7 Å². The van der Waals surface area contributed by atoms with Crippen LogP contribution in [-0.2, 0) is 9.53 Å². The predicted molar refractivity (Wildman–Crippen MR) is 158 cm³/mol. The first kappa shape index (κ1) is 27.8. The van der Waals surface area contributed by atoms with Gasteiger partial charge >= 0.3 is 11.7 Å². The normalized spacial score (nSPS) is 22.2. The topological polar surface area (TPSA) is 137 Å². The summed E-state index contributed by atoms with van der Waals surface area (Å²) in [5, 5.41) is 22.9. The first-order chi connectivity index (χ1) is 20.5. The molecule has 3 aliphatic heterocycles. The first-order valence-electron chi connectivity index (χ1n) is 14.6. The number of non-ortho nitro benzene ring substituents is 1. The first-order valence-corrected chi connectivity index (χ1v) is 14.6. The van der Waals surface area contributed by atoms with E-state index in [1.165, 1.54) is 6.07 Å². The number of nitro groups is 1. The minimum Gasteiger partial charge on any atom is -0.456 e. The molecule has 3 fully saturated rings. The highest BCUT2D eigenvalue weighted by Crippen LogP contribution is 2.43. The van der Waals surface area contributed by atoms with Crippen molar-refractivity contribution in [3.05, 3.63) is 77.0 Å². The summed E-state index contributed by atoms with van der Waals surface area (Å²) in [5.41, 5.74) is 2.84. The molecule has 11 nitrogen and oxygen atoms in total. The van der Waals surface area contributed by atoms with E-state index >= 15 is 0 Å². The lowest BCUT2D eigenvalue weighted by Crippen LogP contribution is -2.55. The van der Waals surface area contributed by atoms with Crippen LogP contribution in [0, 0.1) is 22.0 Å². The van der Waals surface area contributed by atoms with Crippen LogP contribution in [0.2, 0.25) is 0 Å². The second-order valence-electron chi connectivity index (χ2n) is 11.2. The number of unbranched alkanes of at least 4 members (excludes halogenated alkanes) is 2. The van der Waals surface area contributed by atoms with Crippen LogP contribution in [0.25, 0.3) is 21.9 Å². The predicted octanol–water partition coefficient (Wildman–Crippen LogP) is 5.83. The molecule has 0 saturated carbocycles. The van der Waals surface area contributed by atoms with Crippen LogP contribution in [0.15, 0.2) is 65.9 Å². The number of anilines is 1. The highest BCUT2D eigenvalue weighted by molar-refractivity contribution is 5.93. The largest absolute Gasteiger partial charge is 0.456 e. The van der Waals surface area contributed by atoms with Crippen LogP contribution in [0.3, 0.4) is 0 Å². The zero-order valence-electron chi connectivity index (χ0n) is 23.4. The lowest BCUT2D eigenvalue weighted by molar-refractivity contribution is -0.383. The van der Waals surface area contributed by atoms with Gasteiger partial charge in [0.25, 0.3) is 0 Å². The Morgan fingerprint density at radius 3 is 2.86 bits per heavy atom. The molecule has 1 N–H and O–H groups in total. The Balaban J connectivity index is 1.07. The Hall–Kier alpha value is -4.38. The molecule has 5 atom stereocenters. The maximum absolute atomic E-state index is 13.2. The van der Waals surface area contributed by atoms with E-state index in [0.29, 0.717) is 42.4 Å². The summed E-state index contributed by atoms with van der Waals surface area (Å²) in [7, 11) is 0. The summed E-state index contributed by atoms with van der Waals surface area (Å²) in [4.78, 5) is 30.9. The molecule has 3 aliphatic rings. The number of pyridine rings is 1. The fraction of sp³-hybridized carbons (Fsp3) is 0.419. The van der Waals surface area contributed by atoms with Gasteiger partial charge in [-0.2, -0.15) is 0 Å². The van der Waals surface area contributed by atoms with Crippen molar-refractivity contribution in [3.8, 4) is 0 Å². The number of rotatable bonds is 12. The molecule has 4 aromatic rings. The molecular formula is C31H34N6O5. The number of hydrogen-bond donors (Lipinski definition) is 1. The zero-order chi connectivity index (χ0) is 29.1. The number of nitrogens with zero attached hydrogens (tertiary/aromatic N) is 5. The van der Waals surface area contributed by atoms with Gasteiger partial charge in [-0.1, -0.05) is 30.7 Å². The molecule has 11 heteroatoms. The smallest absolute Gasteiger partial charge is 0.306 e. The third-order valence-corrected chi connectivity index (χ3v) is 8.72. The van der Waals surface area contributed by atoms with Gasteiger partial charge in [0.2, 0.25) is 5.52 Å². The third-order valence-electron chi connectivity index (χ3n) is 8.72. The average molecular weight is 571 g/mol. The number of para-hydroxylation sites is 1. The SMILES string of the molecule is C=C[C@H]1CN2CC[C@H]1C[C@@H]2[C@@H](OC(=O)CCCCCNc1ccc([N+](=O)[O-])c2nonc12)c1ccnc2ccccc12. The van der Waals surface area contributed by atoms with Gasteiger partial charge in [0.05, 0.1) is 22.2 Å². The molecule has 42 heavy (non-hydrogen) atoms. The van der Waals surface area contributed by atoms with Gasteiger partial charge in [-0.05, 0) is 72.6 Å². The van der Waals surface area contributed by atoms with Crippen molar-refractivity contribution >= 4 is 39.3 Å². The molecule has 1 unspecified atom stereocenters. The fourth-order valence-corrected chi connectivity index (χ4v) is 6.55. The van der Waals surface area contributed by atoms with E-state index in [9.17, 15) is 14.9 Å². The molecule has 5 heterocycles. The summed E-state index contributed by atoms with van der Waals surface area (Å²) in [6.07, 6.45) is 8.31. The van der Waals surface area contributed by atoms with Crippen LogP contribution in [-0.4, -0.2) is 56.8 Å². The van der Waals surface area contributed by atoms with Crippen molar-refractivity contribution in [3.63, 3.8) is 0 Å². The molecule has 0 aliphatic carbocycles. The number of hydrogen-bond acceptors (Lipinski definition) is 10. The number of piperidine rings is 3. The number of carbonyl (C=O) groups excluding carboxylic acids is 1. The number of benzene rings is 2. The molecule has 0 radical (unpaired) electrons. The zero-order valence-corrected chi connectivity index (χ0v) is 23.4. The van der Waals surface area contributed by atoms with Crippen LogP contribution >= 0.6 is 0 Å². The van der Waals surface area contributed by atoms with Gasteiger partial charge < -0.3 is 10.1 Å². The summed E-state index contributed by atoms with van der Waals surface area (Å²) in [6.45, 7) is 6.63. The van der Waals surface area contributed by atoms with Crippen molar-refractivity contribution in [2.45, 2.75) is 50.7 Å². The second kappa shape index (κ2) is 12.2. The number of nitro benzene ring substituents is 1. The van der Waals surface area contributed by atoms with Gasteiger partial charge in [0.15, 0.2) is 5.52 Å². The Bertz CT molecular complexity index is 1600. The number of ether oxygens (including phenoxy) is 1. The van der Waals surface area contributed by atoms with Crippen molar-refractivity contribution in [1.29, 1.82) is 0 Å². The van der Waals surface area contributed by atoms with Gasteiger partial charge in [0.1, 0.15) is 6.10 Å². The van der Waals surface area contributed by atoms with Crippen molar-refractivity contribution in [2.24, 2.45) is 11.8 Å². The number of carbonyl (C=O) groups is 1. The average Bonchev–Trinajstić information content (AvgIpc) is 3.52. The summed E-state index contributed by atoms with van der Waals surface area (Å²) >= 11 is 0. The molecule has 0 spiro atoms. The Morgan fingerprint density at radius 1 is 1.19 bits per heavy atom. The van der Waals surface area contributed by atoms with E-state index in [-0.39, 0.29) is 29.3 Å². The lowest BCUT2D eigenvalue weighted by Gasteiger charge is -2.51. The van der Waals surface area contributed by atoms with E-state index in [1.54, 1.807) is 6.07 Å². The van der Waals surface area contributed by atoms with Crippen molar-refractivity contribution in [1.82, 2.24) is 20.2 Å². The van der Waals surface area contributed by atoms with Crippen LogP contribution in [0.4, 0.5) is 11.4 Å². The van der Waals surface area contributed by atoms with Crippen molar-refractivity contribution < 1.29 is 19.1 Å². The molecule has 218 valence electrons. The molecule has 2 aromatic heterocycles. The molecule has 2 aromatic carbocycles. The monoisotopic (exact) mass is 570 g/mol. The van der Waals surface area contributed by atoms with Gasteiger partial charge in [-0.25, -0.2) is 4.63 Å². The maximum atomic E-state index is 13.2.